The summed E-state index contributed by atoms with van der Waals surface area (Å²) in [6, 6.07) is 21.8. The molecular weight excluding hydrogens is 466 g/mol. The Morgan fingerprint density at radius 2 is 1.65 bits per heavy atom. The van der Waals surface area contributed by atoms with E-state index in [1.165, 1.54) is 0 Å². The summed E-state index contributed by atoms with van der Waals surface area (Å²) in [5.74, 6) is 2.03. The minimum atomic E-state index is -0.147. The van der Waals surface area contributed by atoms with Gasteiger partial charge in [-0.15, -0.1) is 0 Å². The summed E-state index contributed by atoms with van der Waals surface area (Å²) in [4.78, 5) is 27.6. The van der Waals surface area contributed by atoms with E-state index < -0.39 is 0 Å². The van der Waals surface area contributed by atoms with Gasteiger partial charge in [0, 0.05) is 31.5 Å². The smallest absolute Gasteiger partial charge is 0.222 e. The first-order valence-electron chi connectivity index (χ1n) is 12.8. The molecular formula is C31H35NO5. The second-order valence-electron chi connectivity index (χ2n) is 9.49. The highest BCUT2D eigenvalue weighted by Gasteiger charge is 2.29. The van der Waals surface area contributed by atoms with E-state index in [2.05, 4.69) is 0 Å². The first-order valence-corrected chi connectivity index (χ1v) is 12.8. The molecule has 0 heterocycles. The van der Waals surface area contributed by atoms with Crippen LogP contribution in [0.1, 0.15) is 46.3 Å². The molecule has 0 spiro atoms. The monoisotopic (exact) mass is 501 g/mol. The molecule has 1 amide bonds. The van der Waals surface area contributed by atoms with Crippen molar-refractivity contribution in [1.29, 1.82) is 0 Å². The van der Waals surface area contributed by atoms with Crippen LogP contribution in [0.4, 0.5) is 0 Å². The van der Waals surface area contributed by atoms with Crippen LogP contribution in [-0.4, -0.2) is 44.4 Å². The van der Waals surface area contributed by atoms with Crippen molar-refractivity contribution in [3.05, 3.63) is 89.0 Å². The van der Waals surface area contributed by atoms with Crippen molar-refractivity contribution in [2.45, 2.75) is 38.7 Å². The van der Waals surface area contributed by atoms with E-state index >= 15 is 0 Å². The predicted molar refractivity (Wildman–Crippen MR) is 143 cm³/mol. The van der Waals surface area contributed by atoms with E-state index in [1.807, 2.05) is 67.7 Å². The number of benzene rings is 3. The number of carbonyl (C=O) groups excluding carboxylic acids is 2. The van der Waals surface area contributed by atoms with Gasteiger partial charge < -0.3 is 19.1 Å². The molecule has 0 aromatic heterocycles. The van der Waals surface area contributed by atoms with Gasteiger partial charge in [0.1, 0.15) is 12.4 Å². The van der Waals surface area contributed by atoms with Crippen molar-refractivity contribution in [1.82, 2.24) is 4.90 Å². The minimum absolute atomic E-state index is 0.0636. The predicted octanol–water partition coefficient (Wildman–Crippen LogP) is 5.51. The Morgan fingerprint density at radius 3 is 2.35 bits per heavy atom. The van der Waals surface area contributed by atoms with Gasteiger partial charge in [-0.05, 0) is 66.6 Å². The number of amides is 1. The molecule has 0 fully saturated rings. The van der Waals surface area contributed by atoms with Crippen molar-refractivity contribution >= 4 is 11.7 Å². The van der Waals surface area contributed by atoms with Crippen molar-refractivity contribution in [3.63, 3.8) is 0 Å². The van der Waals surface area contributed by atoms with Gasteiger partial charge in [0.25, 0.3) is 0 Å². The van der Waals surface area contributed by atoms with Crippen LogP contribution < -0.4 is 14.2 Å². The zero-order valence-corrected chi connectivity index (χ0v) is 21.9. The average Bonchev–Trinajstić information content (AvgIpc) is 2.94. The number of ketones is 1. The molecule has 1 aliphatic carbocycles. The summed E-state index contributed by atoms with van der Waals surface area (Å²) in [7, 11) is 4.99. The van der Waals surface area contributed by atoms with Gasteiger partial charge in [0.15, 0.2) is 17.3 Å². The second kappa shape index (κ2) is 12.4. The van der Waals surface area contributed by atoms with Gasteiger partial charge in [-0.1, -0.05) is 42.5 Å². The van der Waals surface area contributed by atoms with Crippen LogP contribution in [-0.2, 0) is 24.2 Å². The summed E-state index contributed by atoms with van der Waals surface area (Å²) >= 11 is 0. The molecule has 6 heteroatoms. The highest BCUT2D eigenvalue weighted by Crippen LogP contribution is 2.36. The van der Waals surface area contributed by atoms with E-state index in [0.717, 1.165) is 41.7 Å². The van der Waals surface area contributed by atoms with Gasteiger partial charge in [0.05, 0.1) is 14.2 Å². The number of hydrogen-bond donors (Lipinski definition) is 0. The Kier molecular flexibility index (Phi) is 8.83. The topological polar surface area (TPSA) is 65.1 Å². The lowest BCUT2D eigenvalue weighted by Crippen LogP contribution is -2.30. The fraction of sp³-hybridized carbons (Fsp3) is 0.355. The number of rotatable bonds is 11. The average molecular weight is 502 g/mol. The first-order chi connectivity index (χ1) is 18.0. The normalized spacial score (nSPS) is 14.6. The van der Waals surface area contributed by atoms with Gasteiger partial charge in [-0.25, -0.2) is 0 Å². The zero-order valence-electron chi connectivity index (χ0n) is 21.9. The molecule has 37 heavy (non-hydrogen) atoms. The largest absolute Gasteiger partial charge is 0.493 e. The maximum atomic E-state index is 13.1. The number of likely N-dealkylation sites (N-methyl/N-ethyl adjacent to an activating group) is 1. The van der Waals surface area contributed by atoms with E-state index in [0.29, 0.717) is 43.1 Å². The van der Waals surface area contributed by atoms with Gasteiger partial charge in [0.2, 0.25) is 5.91 Å². The van der Waals surface area contributed by atoms with E-state index in [1.54, 1.807) is 25.2 Å². The number of nitrogens with zero attached hydrogens (tertiary/aromatic N) is 1. The Morgan fingerprint density at radius 1 is 0.946 bits per heavy atom. The Bertz CT molecular complexity index is 1210. The van der Waals surface area contributed by atoms with Crippen molar-refractivity contribution in [2.24, 2.45) is 5.92 Å². The lowest BCUT2D eigenvalue weighted by Gasteiger charge is -2.25. The molecule has 0 aliphatic heterocycles. The number of carbonyl (C=O) groups is 2. The van der Waals surface area contributed by atoms with Crippen LogP contribution in [0, 0.1) is 5.92 Å². The molecule has 1 aliphatic rings. The van der Waals surface area contributed by atoms with E-state index in [4.69, 9.17) is 14.2 Å². The molecule has 1 unspecified atom stereocenters. The Balaban J connectivity index is 1.23. The number of ether oxygens (including phenoxy) is 3. The highest BCUT2D eigenvalue weighted by atomic mass is 16.5. The van der Waals surface area contributed by atoms with E-state index in [-0.39, 0.29) is 17.6 Å². The summed E-state index contributed by atoms with van der Waals surface area (Å²) in [5, 5.41) is 0. The van der Waals surface area contributed by atoms with Crippen LogP contribution >= 0.6 is 0 Å². The number of methoxy groups -OCH3 is 2. The molecule has 6 nitrogen and oxygen atoms in total. The van der Waals surface area contributed by atoms with Crippen molar-refractivity contribution in [2.75, 3.05) is 27.8 Å². The number of hydrogen-bond acceptors (Lipinski definition) is 5. The summed E-state index contributed by atoms with van der Waals surface area (Å²) in [6.45, 7) is 1.16. The van der Waals surface area contributed by atoms with Crippen LogP contribution in [0.2, 0.25) is 0 Å². The fourth-order valence-corrected chi connectivity index (χ4v) is 4.72. The van der Waals surface area contributed by atoms with Crippen LogP contribution in [0.3, 0.4) is 0 Å². The SMILES string of the molecule is COc1cc2c(cc1OC)C(=O)C(CCC(=O)N(C)CCc1ccc(OCc3ccccc3)cc1)CC2. The Hall–Kier alpha value is -3.80. The van der Waals surface area contributed by atoms with Crippen molar-refractivity contribution in [3.8, 4) is 17.2 Å². The third-order valence-corrected chi connectivity index (χ3v) is 7.05. The number of Topliss-reactive ketones (excluding diaryl/α,β-unsaturated/α-hetero) is 1. The molecule has 0 saturated carbocycles. The Labute approximate surface area is 219 Å². The maximum Gasteiger partial charge on any atom is 0.222 e. The molecule has 3 aromatic carbocycles. The standard InChI is InChI=1S/C31H35NO5/c1-32(18-17-22-9-14-26(15-10-22)37-21-23-7-5-4-6-8-23)30(33)16-13-24-11-12-25-19-28(35-2)29(36-3)20-27(25)31(24)34/h4-10,14-15,19-20,24H,11-13,16-18,21H2,1-3H3. The molecule has 3 aromatic rings. The molecule has 194 valence electrons. The lowest BCUT2D eigenvalue weighted by atomic mass is 9.80. The molecule has 4 rings (SSSR count). The highest BCUT2D eigenvalue weighted by molar-refractivity contribution is 6.01. The number of aryl methyl sites for hydroxylation is 1. The molecule has 0 radical (unpaired) electrons. The molecule has 0 N–H and O–H groups in total. The van der Waals surface area contributed by atoms with E-state index in [9.17, 15) is 9.59 Å². The van der Waals surface area contributed by atoms with Crippen LogP contribution in [0.5, 0.6) is 17.2 Å². The third-order valence-electron chi connectivity index (χ3n) is 7.05. The second-order valence-corrected chi connectivity index (χ2v) is 9.49. The summed E-state index contributed by atoms with van der Waals surface area (Å²) < 4.78 is 16.6. The first kappa shape index (κ1) is 26.3. The van der Waals surface area contributed by atoms with Crippen LogP contribution in [0.25, 0.3) is 0 Å². The summed E-state index contributed by atoms with van der Waals surface area (Å²) in [5.41, 5.74) is 3.95. The van der Waals surface area contributed by atoms with Gasteiger partial charge >= 0.3 is 0 Å². The third kappa shape index (κ3) is 6.70. The molecule has 1 atom stereocenters. The molecule has 0 saturated heterocycles. The van der Waals surface area contributed by atoms with Crippen molar-refractivity contribution < 1.29 is 23.8 Å². The molecule has 0 bridgehead atoms. The lowest BCUT2D eigenvalue weighted by molar-refractivity contribution is -0.130. The van der Waals surface area contributed by atoms with Gasteiger partial charge in [-0.2, -0.15) is 0 Å². The minimum Gasteiger partial charge on any atom is -0.493 e. The summed E-state index contributed by atoms with van der Waals surface area (Å²) in [6.07, 6.45) is 3.22. The number of fused-ring (bicyclic) bond motifs is 1. The van der Waals surface area contributed by atoms with Gasteiger partial charge in [-0.3, -0.25) is 9.59 Å². The maximum absolute atomic E-state index is 13.1. The zero-order chi connectivity index (χ0) is 26.2. The van der Waals surface area contributed by atoms with Crippen LogP contribution in [0.15, 0.2) is 66.7 Å². The fourth-order valence-electron chi connectivity index (χ4n) is 4.72. The quantitative estimate of drug-likeness (QED) is 0.347.